The summed E-state index contributed by atoms with van der Waals surface area (Å²) in [7, 11) is 0. The van der Waals surface area contributed by atoms with Crippen LogP contribution in [0.4, 0.5) is 5.82 Å². The summed E-state index contributed by atoms with van der Waals surface area (Å²) in [5.41, 5.74) is 6.12. The molecule has 0 amide bonds. The number of hydrogen-bond donors (Lipinski definition) is 2. The van der Waals surface area contributed by atoms with E-state index in [-0.39, 0.29) is 6.61 Å². The lowest BCUT2D eigenvalue weighted by atomic mass is 9.89. The zero-order valence-electron chi connectivity index (χ0n) is 9.63. The summed E-state index contributed by atoms with van der Waals surface area (Å²) in [5, 5.41) is 18.2. The fourth-order valence-corrected chi connectivity index (χ4v) is 2.06. The predicted octanol–water partition coefficient (Wildman–Crippen LogP) is 0.243. The average molecular weight is 232 g/mol. The topological polar surface area (TPSA) is 86.2 Å². The Kier molecular flexibility index (Phi) is 3.27. The average Bonchev–Trinajstić information content (AvgIpc) is 2.40. The normalized spacial score (nSPS) is 18.8. The maximum Gasteiger partial charge on any atom is 0.146 e. The van der Waals surface area contributed by atoms with Crippen LogP contribution in [0.3, 0.4) is 0 Å². The summed E-state index contributed by atoms with van der Waals surface area (Å²) in [4.78, 5) is 6.30. The molecule has 0 atom stereocenters. The number of pyridine rings is 1. The second-order valence-corrected chi connectivity index (χ2v) is 4.49. The van der Waals surface area contributed by atoms with Gasteiger partial charge in [0.2, 0.25) is 0 Å². The van der Waals surface area contributed by atoms with Gasteiger partial charge in [-0.15, -0.1) is 0 Å². The van der Waals surface area contributed by atoms with Crippen LogP contribution < -0.4 is 10.6 Å². The van der Waals surface area contributed by atoms with Crippen LogP contribution >= 0.6 is 0 Å². The Labute approximate surface area is 100 Å². The highest BCUT2D eigenvalue weighted by Gasteiger charge is 2.30. The zero-order valence-corrected chi connectivity index (χ0v) is 9.63. The smallest absolute Gasteiger partial charge is 0.146 e. The first-order valence-electron chi connectivity index (χ1n) is 5.68. The molecule has 5 nitrogen and oxygen atoms in total. The Bertz CT molecular complexity index is 432. The SMILES string of the molecule is N#Cc1cccnc1N1CCC(N)(CO)CC1. The molecule has 0 saturated carbocycles. The molecule has 1 fully saturated rings. The van der Waals surface area contributed by atoms with Gasteiger partial charge in [-0.2, -0.15) is 5.26 Å². The van der Waals surface area contributed by atoms with E-state index in [1.807, 2.05) is 0 Å². The number of aliphatic hydroxyl groups excluding tert-OH is 1. The van der Waals surface area contributed by atoms with Crippen LogP contribution in [-0.2, 0) is 0 Å². The molecule has 0 aromatic carbocycles. The van der Waals surface area contributed by atoms with Gasteiger partial charge in [0.25, 0.3) is 0 Å². The van der Waals surface area contributed by atoms with Crippen molar-refractivity contribution in [3.05, 3.63) is 23.9 Å². The Hall–Kier alpha value is -1.64. The van der Waals surface area contributed by atoms with Gasteiger partial charge in [0, 0.05) is 24.8 Å². The minimum atomic E-state index is -0.474. The number of piperidine rings is 1. The molecule has 1 aliphatic rings. The predicted molar refractivity (Wildman–Crippen MR) is 64.4 cm³/mol. The summed E-state index contributed by atoms with van der Waals surface area (Å²) in [5.74, 6) is 0.718. The summed E-state index contributed by atoms with van der Waals surface area (Å²) in [6.45, 7) is 1.46. The molecule has 2 rings (SSSR count). The molecule has 90 valence electrons. The molecule has 1 aromatic rings. The maximum atomic E-state index is 9.20. The third-order valence-electron chi connectivity index (χ3n) is 3.28. The second kappa shape index (κ2) is 4.70. The van der Waals surface area contributed by atoms with Crippen LogP contribution in [-0.4, -0.2) is 35.3 Å². The summed E-state index contributed by atoms with van der Waals surface area (Å²) in [6.07, 6.45) is 3.11. The highest BCUT2D eigenvalue weighted by Crippen LogP contribution is 2.24. The van der Waals surface area contributed by atoms with Crippen LogP contribution in [0.25, 0.3) is 0 Å². The lowest BCUT2D eigenvalue weighted by Crippen LogP contribution is -2.53. The first kappa shape index (κ1) is 11.8. The molecule has 0 unspecified atom stereocenters. The molecule has 0 aliphatic carbocycles. The third kappa shape index (κ3) is 2.38. The van der Waals surface area contributed by atoms with Crippen molar-refractivity contribution in [3.8, 4) is 6.07 Å². The van der Waals surface area contributed by atoms with E-state index < -0.39 is 5.54 Å². The number of hydrogen-bond acceptors (Lipinski definition) is 5. The number of aliphatic hydroxyl groups is 1. The Morgan fingerprint density at radius 2 is 2.24 bits per heavy atom. The van der Waals surface area contributed by atoms with E-state index in [1.54, 1.807) is 18.3 Å². The Balaban J connectivity index is 2.14. The zero-order chi connectivity index (χ0) is 12.3. The van der Waals surface area contributed by atoms with Crippen LogP contribution in [0, 0.1) is 11.3 Å². The van der Waals surface area contributed by atoms with E-state index in [0.29, 0.717) is 18.4 Å². The van der Waals surface area contributed by atoms with E-state index in [0.717, 1.165) is 18.9 Å². The standard InChI is InChI=1S/C12H16N4O/c13-8-10-2-1-5-15-11(10)16-6-3-12(14,9-17)4-7-16/h1-2,5,17H,3-4,6-7,9,14H2. The summed E-state index contributed by atoms with van der Waals surface area (Å²) < 4.78 is 0. The van der Waals surface area contributed by atoms with Gasteiger partial charge < -0.3 is 15.7 Å². The van der Waals surface area contributed by atoms with Crippen molar-refractivity contribution in [1.29, 1.82) is 5.26 Å². The van der Waals surface area contributed by atoms with Crippen molar-refractivity contribution in [2.24, 2.45) is 5.73 Å². The number of anilines is 1. The quantitative estimate of drug-likeness (QED) is 0.763. The van der Waals surface area contributed by atoms with Crippen LogP contribution in [0.1, 0.15) is 18.4 Å². The van der Waals surface area contributed by atoms with Crippen LogP contribution in [0.2, 0.25) is 0 Å². The van der Waals surface area contributed by atoms with E-state index in [9.17, 15) is 5.11 Å². The molecule has 1 aliphatic heterocycles. The molecule has 17 heavy (non-hydrogen) atoms. The number of nitriles is 1. The maximum absolute atomic E-state index is 9.20. The molecule has 3 N–H and O–H groups in total. The van der Waals surface area contributed by atoms with Crippen molar-refractivity contribution in [2.75, 3.05) is 24.6 Å². The van der Waals surface area contributed by atoms with Crippen LogP contribution in [0.5, 0.6) is 0 Å². The molecule has 1 saturated heterocycles. The van der Waals surface area contributed by atoms with Gasteiger partial charge in [-0.05, 0) is 25.0 Å². The second-order valence-electron chi connectivity index (χ2n) is 4.49. The van der Waals surface area contributed by atoms with Gasteiger partial charge >= 0.3 is 0 Å². The lowest BCUT2D eigenvalue weighted by Gasteiger charge is -2.38. The van der Waals surface area contributed by atoms with Gasteiger partial charge in [0.05, 0.1) is 12.2 Å². The van der Waals surface area contributed by atoms with E-state index in [2.05, 4.69) is 16.0 Å². The number of aromatic nitrogens is 1. The Morgan fingerprint density at radius 3 is 2.82 bits per heavy atom. The monoisotopic (exact) mass is 232 g/mol. The Morgan fingerprint density at radius 1 is 1.53 bits per heavy atom. The molecule has 1 aromatic heterocycles. The molecule has 0 spiro atoms. The fraction of sp³-hybridized carbons (Fsp3) is 0.500. The van der Waals surface area contributed by atoms with Crippen molar-refractivity contribution < 1.29 is 5.11 Å². The van der Waals surface area contributed by atoms with Crippen molar-refractivity contribution in [1.82, 2.24) is 4.98 Å². The number of rotatable bonds is 2. The van der Waals surface area contributed by atoms with Gasteiger partial charge in [-0.25, -0.2) is 4.98 Å². The van der Waals surface area contributed by atoms with Gasteiger partial charge in [-0.1, -0.05) is 0 Å². The van der Waals surface area contributed by atoms with Gasteiger partial charge in [0.1, 0.15) is 11.9 Å². The molecular weight excluding hydrogens is 216 g/mol. The molecule has 0 radical (unpaired) electrons. The summed E-state index contributed by atoms with van der Waals surface area (Å²) in [6, 6.07) is 5.66. The molecule has 0 bridgehead atoms. The van der Waals surface area contributed by atoms with E-state index in [1.165, 1.54) is 0 Å². The van der Waals surface area contributed by atoms with E-state index >= 15 is 0 Å². The third-order valence-corrected chi connectivity index (χ3v) is 3.28. The summed E-state index contributed by atoms with van der Waals surface area (Å²) >= 11 is 0. The number of nitrogens with zero attached hydrogens (tertiary/aromatic N) is 3. The van der Waals surface area contributed by atoms with Crippen molar-refractivity contribution in [2.45, 2.75) is 18.4 Å². The van der Waals surface area contributed by atoms with Crippen molar-refractivity contribution >= 4 is 5.82 Å². The highest BCUT2D eigenvalue weighted by molar-refractivity contribution is 5.53. The minimum absolute atomic E-state index is 0.00810. The largest absolute Gasteiger partial charge is 0.394 e. The first-order valence-corrected chi connectivity index (χ1v) is 5.68. The van der Waals surface area contributed by atoms with Gasteiger partial charge in [-0.3, -0.25) is 0 Å². The number of nitrogens with two attached hydrogens (primary N) is 1. The first-order chi connectivity index (χ1) is 8.18. The minimum Gasteiger partial charge on any atom is -0.394 e. The lowest BCUT2D eigenvalue weighted by molar-refractivity contribution is 0.170. The van der Waals surface area contributed by atoms with E-state index in [4.69, 9.17) is 11.0 Å². The highest BCUT2D eigenvalue weighted by atomic mass is 16.3. The van der Waals surface area contributed by atoms with Crippen LogP contribution in [0.15, 0.2) is 18.3 Å². The molecule has 5 heteroatoms. The van der Waals surface area contributed by atoms with Gasteiger partial charge in [0.15, 0.2) is 0 Å². The molecular formula is C12H16N4O. The fourth-order valence-electron chi connectivity index (χ4n) is 2.06. The molecule has 2 heterocycles. The van der Waals surface area contributed by atoms with Crippen molar-refractivity contribution in [3.63, 3.8) is 0 Å².